The van der Waals surface area contributed by atoms with Gasteiger partial charge in [0.1, 0.15) is 13.2 Å². The van der Waals surface area contributed by atoms with Crippen molar-refractivity contribution in [2.75, 3.05) is 6.54 Å². The summed E-state index contributed by atoms with van der Waals surface area (Å²) in [5.74, 6) is -1.11. The predicted octanol–water partition coefficient (Wildman–Crippen LogP) is 5.47. The van der Waals surface area contributed by atoms with Gasteiger partial charge in [-0.3, -0.25) is 29.4 Å². The van der Waals surface area contributed by atoms with E-state index in [0.717, 1.165) is 4.90 Å². The number of benzene rings is 2. The van der Waals surface area contributed by atoms with Crippen molar-refractivity contribution < 1.29 is 28.8 Å². The number of halogens is 2. The molecule has 3 rings (SSSR count). The molecule has 0 radical (unpaired) electrons. The molecular weight excluding hydrogens is 507 g/mol. The molecule has 2 aromatic rings. The molecule has 9 nitrogen and oxygen atoms in total. The third kappa shape index (κ3) is 6.28. The van der Waals surface area contributed by atoms with Crippen LogP contribution < -0.4 is 4.74 Å². The van der Waals surface area contributed by atoms with Crippen LogP contribution in [0.15, 0.2) is 41.3 Å². The van der Waals surface area contributed by atoms with E-state index < -0.39 is 28.6 Å². The molecule has 0 aromatic heterocycles. The van der Waals surface area contributed by atoms with Crippen LogP contribution in [0.2, 0.25) is 10.0 Å². The largest absolute Gasteiger partial charge is 0.486 e. The Morgan fingerprint density at radius 2 is 1.79 bits per heavy atom. The topological polar surface area (TPSA) is 116 Å². The summed E-state index contributed by atoms with van der Waals surface area (Å²) in [4.78, 5) is 47.8. The Morgan fingerprint density at radius 3 is 2.35 bits per heavy atom. The lowest BCUT2D eigenvalue weighted by atomic mass is 10.2. The van der Waals surface area contributed by atoms with Crippen molar-refractivity contribution in [2.24, 2.45) is 0 Å². The number of imide groups is 1. The molecule has 0 saturated carbocycles. The zero-order valence-electron chi connectivity index (χ0n) is 17.9. The molecule has 0 aliphatic carbocycles. The van der Waals surface area contributed by atoms with Crippen LogP contribution in [0.1, 0.15) is 25.0 Å². The summed E-state index contributed by atoms with van der Waals surface area (Å²) in [6.45, 7) is 2.93. The van der Waals surface area contributed by atoms with Crippen molar-refractivity contribution in [3.8, 4) is 5.75 Å². The highest BCUT2D eigenvalue weighted by atomic mass is 35.5. The van der Waals surface area contributed by atoms with Crippen molar-refractivity contribution >= 4 is 63.8 Å². The Bertz CT molecular complexity index is 1160. The molecule has 34 heavy (non-hydrogen) atoms. The molecule has 1 aliphatic heterocycles. The first-order chi connectivity index (χ1) is 16.0. The number of non-ortho nitro benzene ring substituents is 1. The molecule has 0 spiro atoms. The van der Waals surface area contributed by atoms with E-state index in [-0.39, 0.29) is 39.1 Å². The van der Waals surface area contributed by atoms with E-state index in [2.05, 4.69) is 0 Å². The van der Waals surface area contributed by atoms with E-state index in [9.17, 15) is 24.5 Å². The highest BCUT2D eigenvalue weighted by molar-refractivity contribution is 8.18. The Hall–Kier alpha value is -3.08. The van der Waals surface area contributed by atoms with Gasteiger partial charge in [0.05, 0.1) is 26.0 Å². The fourth-order valence-electron chi connectivity index (χ4n) is 2.89. The zero-order chi connectivity index (χ0) is 25.0. The Balaban J connectivity index is 1.71. The second kappa shape index (κ2) is 10.9. The number of nitro groups is 1. The number of hydrogen-bond donors (Lipinski definition) is 0. The third-order valence-electron chi connectivity index (χ3n) is 4.38. The fraction of sp³-hybridized carbons (Fsp3) is 0.227. The summed E-state index contributed by atoms with van der Waals surface area (Å²) in [7, 11) is 0. The maximum absolute atomic E-state index is 12.6. The zero-order valence-corrected chi connectivity index (χ0v) is 20.3. The van der Waals surface area contributed by atoms with E-state index in [4.69, 9.17) is 32.7 Å². The van der Waals surface area contributed by atoms with Gasteiger partial charge in [-0.25, -0.2) is 0 Å². The monoisotopic (exact) mass is 524 g/mol. The number of rotatable bonds is 8. The van der Waals surface area contributed by atoms with Crippen LogP contribution in [0.4, 0.5) is 10.5 Å². The normalized spacial score (nSPS) is 14.7. The van der Waals surface area contributed by atoms with Crippen molar-refractivity contribution in [1.29, 1.82) is 0 Å². The maximum atomic E-state index is 12.6. The van der Waals surface area contributed by atoms with Crippen LogP contribution >= 0.6 is 35.0 Å². The average Bonchev–Trinajstić information content (AvgIpc) is 3.00. The molecule has 178 valence electrons. The van der Waals surface area contributed by atoms with Gasteiger partial charge in [0.15, 0.2) is 5.75 Å². The lowest BCUT2D eigenvalue weighted by molar-refractivity contribution is -0.384. The van der Waals surface area contributed by atoms with Crippen molar-refractivity contribution in [2.45, 2.75) is 26.6 Å². The number of nitrogens with zero attached hydrogens (tertiary/aromatic N) is 2. The average molecular weight is 525 g/mol. The summed E-state index contributed by atoms with van der Waals surface area (Å²) < 4.78 is 10.7. The summed E-state index contributed by atoms with van der Waals surface area (Å²) >= 11 is 13.3. The second-order valence-electron chi connectivity index (χ2n) is 7.33. The number of amides is 2. The predicted molar refractivity (Wildman–Crippen MR) is 128 cm³/mol. The maximum Gasteiger partial charge on any atom is 0.326 e. The van der Waals surface area contributed by atoms with E-state index in [1.165, 1.54) is 30.3 Å². The van der Waals surface area contributed by atoms with Gasteiger partial charge >= 0.3 is 5.97 Å². The van der Waals surface area contributed by atoms with Crippen LogP contribution in [0, 0.1) is 10.1 Å². The molecule has 2 aromatic carbocycles. The van der Waals surface area contributed by atoms with Gasteiger partial charge in [-0.05, 0) is 67.1 Å². The van der Waals surface area contributed by atoms with Gasteiger partial charge < -0.3 is 9.47 Å². The molecule has 1 heterocycles. The first-order valence-corrected chi connectivity index (χ1v) is 11.4. The van der Waals surface area contributed by atoms with Gasteiger partial charge in [-0.1, -0.05) is 23.2 Å². The molecule has 1 saturated heterocycles. The minimum Gasteiger partial charge on any atom is -0.486 e. The van der Waals surface area contributed by atoms with Crippen LogP contribution in [0.5, 0.6) is 5.75 Å². The smallest absolute Gasteiger partial charge is 0.326 e. The number of carbonyl (C=O) groups is 3. The van der Waals surface area contributed by atoms with Gasteiger partial charge in [-0.2, -0.15) is 0 Å². The SMILES string of the molecule is CC(C)OC(=O)CN1C(=O)S/C(=C/c2cc(Cl)c(OCc3ccc([N+](=O)[O-])cc3)c(Cl)c2)C1=O. The Kier molecular flexibility index (Phi) is 8.19. The van der Waals surface area contributed by atoms with Crippen LogP contribution in [0.3, 0.4) is 0 Å². The van der Waals surface area contributed by atoms with Crippen LogP contribution in [-0.4, -0.2) is 39.6 Å². The van der Waals surface area contributed by atoms with Crippen LogP contribution in [0.25, 0.3) is 6.08 Å². The van der Waals surface area contributed by atoms with Gasteiger partial charge in [0, 0.05) is 12.1 Å². The van der Waals surface area contributed by atoms with E-state index in [0.29, 0.717) is 22.9 Å². The number of esters is 1. The van der Waals surface area contributed by atoms with Gasteiger partial charge in [-0.15, -0.1) is 0 Å². The number of hydrogen-bond acceptors (Lipinski definition) is 8. The molecule has 12 heteroatoms. The first kappa shape index (κ1) is 25.5. The Morgan fingerprint density at radius 1 is 1.18 bits per heavy atom. The number of nitro benzene ring substituents is 1. The highest BCUT2D eigenvalue weighted by Crippen LogP contribution is 2.37. The van der Waals surface area contributed by atoms with Gasteiger partial charge in [0.25, 0.3) is 16.8 Å². The van der Waals surface area contributed by atoms with Crippen molar-refractivity contribution in [1.82, 2.24) is 4.90 Å². The van der Waals surface area contributed by atoms with E-state index in [1.54, 1.807) is 26.0 Å². The molecule has 0 N–H and O–H groups in total. The Labute approximate surface area is 208 Å². The highest BCUT2D eigenvalue weighted by Gasteiger charge is 2.36. The quantitative estimate of drug-likeness (QED) is 0.193. The lowest BCUT2D eigenvalue weighted by Gasteiger charge is -2.13. The minimum absolute atomic E-state index is 0.0367. The molecule has 1 aliphatic rings. The standard InChI is InChI=1S/C22H18Cl2N2O7S/c1-12(2)33-19(27)10-25-21(28)18(34-22(25)29)9-14-7-16(23)20(17(24)8-14)32-11-13-3-5-15(6-4-13)26(30)31/h3-9,12H,10-11H2,1-2H3/b18-9+. The van der Waals surface area contributed by atoms with E-state index in [1.807, 2.05) is 0 Å². The molecule has 2 amide bonds. The lowest BCUT2D eigenvalue weighted by Crippen LogP contribution is -2.35. The third-order valence-corrected chi connectivity index (χ3v) is 5.85. The summed E-state index contributed by atoms with van der Waals surface area (Å²) in [6.07, 6.45) is 1.07. The van der Waals surface area contributed by atoms with E-state index >= 15 is 0 Å². The molecule has 0 unspecified atom stereocenters. The second-order valence-corrected chi connectivity index (χ2v) is 9.14. The molecule has 0 bridgehead atoms. The summed E-state index contributed by atoms with van der Waals surface area (Å²) in [5, 5.41) is 10.5. The van der Waals surface area contributed by atoms with Gasteiger partial charge in [0.2, 0.25) is 0 Å². The van der Waals surface area contributed by atoms with Crippen LogP contribution in [-0.2, 0) is 20.9 Å². The molecular formula is C22H18Cl2N2O7S. The fourth-order valence-corrected chi connectivity index (χ4v) is 4.34. The molecule has 1 fully saturated rings. The number of thioether (sulfide) groups is 1. The summed E-state index contributed by atoms with van der Waals surface area (Å²) in [6, 6.07) is 8.86. The van der Waals surface area contributed by atoms with Crippen molar-refractivity contribution in [3.05, 3.63) is 72.6 Å². The molecule has 0 atom stereocenters. The minimum atomic E-state index is -0.681. The number of ether oxygens (including phenoxy) is 2. The first-order valence-electron chi connectivity index (χ1n) is 9.85. The van der Waals surface area contributed by atoms with Crippen molar-refractivity contribution in [3.63, 3.8) is 0 Å². The number of carbonyl (C=O) groups excluding carboxylic acids is 3. The summed E-state index contributed by atoms with van der Waals surface area (Å²) in [5.41, 5.74) is 1.09.